The topological polar surface area (TPSA) is 12.0 Å². The molecule has 0 saturated heterocycles. The van der Waals surface area contributed by atoms with Gasteiger partial charge < -0.3 is 5.32 Å². The molecular formula is C18H27NSi. The first-order valence-corrected chi connectivity index (χ1v) is 9.82. The van der Waals surface area contributed by atoms with E-state index in [-0.39, 0.29) is 0 Å². The molecule has 0 fully saturated rings. The largest absolute Gasteiger partial charge is 0.319 e. The van der Waals surface area contributed by atoms with Crippen LogP contribution < -0.4 is 10.5 Å². The molecule has 1 atom stereocenters. The van der Waals surface area contributed by atoms with Crippen molar-refractivity contribution >= 4 is 14.0 Å². The summed E-state index contributed by atoms with van der Waals surface area (Å²) >= 11 is 0. The highest BCUT2D eigenvalue weighted by Gasteiger charge is 2.22. The lowest BCUT2D eigenvalue weighted by Crippen LogP contribution is -2.43. The van der Waals surface area contributed by atoms with Crippen molar-refractivity contribution < 1.29 is 0 Å². The maximum absolute atomic E-state index is 3.70. The second-order valence-electron chi connectivity index (χ2n) is 5.90. The van der Waals surface area contributed by atoms with E-state index in [9.17, 15) is 0 Å². The summed E-state index contributed by atoms with van der Waals surface area (Å²) in [5, 5.41) is 7.01. The van der Waals surface area contributed by atoms with Gasteiger partial charge in [-0.25, -0.2) is 0 Å². The van der Waals surface area contributed by atoms with Gasteiger partial charge in [-0.2, -0.15) is 0 Å². The zero-order valence-electron chi connectivity index (χ0n) is 13.1. The van der Waals surface area contributed by atoms with Crippen molar-refractivity contribution in [3.05, 3.63) is 52.8 Å². The van der Waals surface area contributed by atoms with Crippen LogP contribution in [0.15, 0.2) is 52.8 Å². The third-order valence-corrected chi connectivity index (χ3v) is 7.50. The zero-order chi connectivity index (χ0) is 14.4. The highest BCUT2D eigenvalue weighted by atomic mass is 28.3. The molecule has 0 amide bonds. The van der Waals surface area contributed by atoms with Crippen LogP contribution in [0.4, 0.5) is 0 Å². The fraction of sp³-hybridized carbons (Fsp3) is 0.444. The Morgan fingerprint density at radius 2 is 1.90 bits per heavy atom. The lowest BCUT2D eigenvalue weighted by molar-refractivity contribution is 0.694. The lowest BCUT2D eigenvalue weighted by Gasteiger charge is -2.20. The van der Waals surface area contributed by atoms with Crippen LogP contribution in [0.2, 0.25) is 0 Å². The first-order chi connectivity index (χ1) is 9.72. The number of nitrogens with one attached hydrogen (secondary N) is 1. The summed E-state index contributed by atoms with van der Waals surface area (Å²) in [6.07, 6.45) is 7.33. The van der Waals surface area contributed by atoms with Crippen LogP contribution in [0.1, 0.15) is 40.0 Å². The van der Waals surface area contributed by atoms with E-state index in [4.69, 9.17) is 0 Å². The monoisotopic (exact) mass is 285 g/mol. The molecule has 1 aliphatic carbocycles. The molecular weight excluding hydrogens is 258 g/mol. The molecule has 2 rings (SSSR count). The van der Waals surface area contributed by atoms with Crippen LogP contribution >= 0.6 is 0 Å². The van der Waals surface area contributed by atoms with Crippen LogP contribution in [0.3, 0.4) is 0 Å². The average molecular weight is 286 g/mol. The minimum absolute atomic E-state index is 1.07. The van der Waals surface area contributed by atoms with Crippen molar-refractivity contribution in [1.29, 1.82) is 0 Å². The second kappa shape index (κ2) is 7.60. The van der Waals surface area contributed by atoms with Gasteiger partial charge in [0.25, 0.3) is 0 Å². The maximum Gasteiger partial charge on any atom is 0.112 e. The molecule has 0 aliphatic heterocycles. The minimum atomic E-state index is -1.07. The Labute approximate surface area is 125 Å². The van der Waals surface area contributed by atoms with Crippen LogP contribution in [0.5, 0.6) is 0 Å². The van der Waals surface area contributed by atoms with Gasteiger partial charge in [0, 0.05) is 0 Å². The Bertz CT molecular complexity index is 487. The van der Waals surface area contributed by atoms with Gasteiger partial charge in [-0.05, 0) is 39.4 Å². The molecule has 1 unspecified atom stereocenters. The Hall–Kier alpha value is -1.12. The minimum Gasteiger partial charge on any atom is -0.319 e. The SMILES string of the molecule is CCCCNC[SiH](C1=C(C)C=C(C)C1)c1ccccc1. The number of hydrogen-bond donors (Lipinski definition) is 1. The first kappa shape index (κ1) is 15.3. The lowest BCUT2D eigenvalue weighted by atomic mass is 10.3. The molecule has 1 aliphatic rings. The van der Waals surface area contributed by atoms with Gasteiger partial charge in [0.1, 0.15) is 8.80 Å². The summed E-state index contributed by atoms with van der Waals surface area (Å²) in [7, 11) is -1.07. The molecule has 0 saturated carbocycles. The molecule has 0 bridgehead atoms. The van der Waals surface area contributed by atoms with Gasteiger partial charge in [0.15, 0.2) is 0 Å². The first-order valence-electron chi connectivity index (χ1n) is 7.84. The van der Waals surface area contributed by atoms with E-state index in [1.807, 2.05) is 0 Å². The predicted molar refractivity (Wildman–Crippen MR) is 92.1 cm³/mol. The van der Waals surface area contributed by atoms with Crippen LogP contribution in [0.25, 0.3) is 0 Å². The molecule has 20 heavy (non-hydrogen) atoms. The summed E-state index contributed by atoms with van der Waals surface area (Å²) in [6, 6.07) is 11.1. The molecule has 1 N–H and O–H groups in total. The smallest absolute Gasteiger partial charge is 0.112 e. The summed E-state index contributed by atoms with van der Waals surface area (Å²) in [5.41, 5.74) is 3.06. The quantitative estimate of drug-likeness (QED) is 0.599. The normalized spacial score (nSPS) is 16.4. The third-order valence-electron chi connectivity index (χ3n) is 4.12. The van der Waals surface area contributed by atoms with Gasteiger partial charge in [-0.1, -0.05) is 71.3 Å². The Balaban J connectivity index is 2.11. The summed E-state index contributed by atoms with van der Waals surface area (Å²) < 4.78 is 0. The van der Waals surface area contributed by atoms with Gasteiger partial charge >= 0.3 is 0 Å². The number of hydrogen-bond acceptors (Lipinski definition) is 1. The van der Waals surface area contributed by atoms with Crippen molar-refractivity contribution in [2.75, 3.05) is 12.7 Å². The van der Waals surface area contributed by atoms with E-state index in [1.165, 1.54) is 36.6 Å². The van der Waals surface area contributed by atoms with E-state index in [2.05, 4.69) is 62.5 Å². The zero-order valence-corrected chi connectivity index (χ0v) is 14.2. The van der Waals surface area contributed by atoms with Gasteiger partial charge in [-0.15, -0.1) is 0 Å². The Morgan fingerprint density at radius 1 is 1.15 bits per heavy atom. The van der Waals surface area contributed by atoms with Crippen molar-refractivity contribution in [1.82, 2.24) is 5.32 Å². The van der Waals surface area contributed by atoms with Crippen molar-refractivity contribution in [3.8, 4) is 0 Å². The molecule has 0 radical (unpaired) electrons. The standard InChI is InChI=1S/C18H27NSi/c1-4-5-11-19-14-20(17-9-7-6-8-10-17)18-13-15(2)12-16(18)3/h6-10,12,19-20H,4-5,11,13-14H2,1-3H3. The van der Waals surface area contributed by atoms with Crippen molar-refractivity contribution in [2.45, 2.75) is 40.0 Å². The number of rotatable bonds is 7. The van der Waals surface area contributed by atoms with Crippen molar-refractivity contribution in [2.24, 2.45) is 0 Å². The number of allylic oxidation sites excluding steroid dienone is 4. The van der Waals surface area contributed by atoms with Gasteiger partial charge in [-0.3, -0.25) is 0 Å². The molecule has 2 heteroatoms. The van der Waals surface area contributed by atoms with E-state index >= 15 is 0 Å². The molecule has 108 valence electrons. The van der Waals surface area contributed by atoms with Crippen LogP contribution in [-0.4, -0.2) is 21.5 Å². The van der Waals surface area contributed by atoms with Crippen molar-refractivity contribution in [3.63, 3.8) is 0 Å². The highest BCUT2D eigenvalue weighted by Crippen LogP contribution is 2.26. The maximum atomic E-state index is 3.70. The Kier molecular flexibility index (Phi) is 5.81. The van der Waals surface area contributed by atoms with Crippen LogP contribution in [-0.2, 0) is 0 Å². The van der Waals surface area contributed by atoms with E-state index in [0.29, 0.717) is 0 Å². The molecule has 1 nitrogen and oxygen atoms in total. The van der Waals surface area contributed by atoms with Crippen LogP contribution in [0, 0.1) is 0 Å². The third kappa shape index (κ3) is 3.94. The molecule has 0 spiro atoms. The number of benzene rings is 1. The number of unbranched alkanes of at least 4 members (excludes halogenated alkanes) is 1. The van der Waals surface area contributed by atoms with Gasteiger partial charge in [0.05, 0.1) is 0 Å². The summed E-state index contributed by atoms with van der Waals surface area (Å²) in [6.45, 7) is 7.97. The molecule has 0 heterocycles. The molecule has 1 aromatic rings. The Morgan fingerprint density at radius 3 is 2.50 bits per heavy atom. The fourth-order valence-corrected chi connectivity index (χ4v) is 6.29. The molecule has 1 aromatic carbocycles. The summed E-state index contributed by atoms with van der Waals surface area (Å²) in [5.74, 6) is 0. The second-order valence-corrected chi connectivity index (χ2v) is 8.77. The average Bonchev–Trinajstić information content (AvgIpc) is 2.79. The van der Waals surface area contributed by atoms with Gasteiger partial charge in [0.2, 0.25) is 0 Å². The summed E-state index contributed by atoms with van der Waals surface area (Å²) in [4.78, 5) is 0. The fourth-order valence-electron chi connectivity index (χ4n) is 3.03. The van der Waals surface area contributed by atoms with E-state index in [0.717, 1.165) is 6.54 Å². The van der Waals surface area contributed by atoms with E-state index < -0.39 is 8.80 Å². The molecule has 0 aromatic heterocycles. The highest BCUT2D eigenvalue weighted by molar-refractivity contribution is 6.80. The predicted octanol–water partition coefficient (Wildman–Crippen LogP) is 3.26. The van der Waals surface area contributed by atoms with E-state index in [1.54, 1.807) is 10.4 Å².